The van der Waals surface area contributed by atoms with Crippen molar-refractivity contribution in [1.82, 2.24) is 9.88 Å². The van der Waals surface area contributed by atoms with Gasteiger partial charge in [0.05, 0.1) is 25.5 Å². The minimum absolute atomic E-state index is 0.140. The molecule has 7 heteroatoms. The van der Waals surface area contributed by atoms with Crippen LogP contribution in [-0.4, -0.2) is 40.2 Å². The molecular formula is C24H26N2O5. The number of aromatic nitrogens is 1. The first-order valence-corrected chi connectivity index (χ1v) is 10.1. The van der Waals surface area contributed by atoms with Crippen LogP contribution in [0.5, 0.6) is 0 Å². The zero-order chi connectivity index (χ0) is 22.5. The van der Waals surface area contributed by atoms with Crippen molar-refractivity contribution in [1.29, 1.82) is 0 Å². The lowest BCUT2D eigenvalue weighted by Crippen LogP contribution is -2.43. The Bertz CT molecular complexity index is 1070. The summed E-state index contributed by atoms with van der Waals surface area (Å²) in [6.07, 6.45) is 1.53. The largest absolute Gasteiger partial charge is 0.467 e. The van der Waals surface area contributed by atoms with Gasteiger partial charge in [0, 0.05) is 16.8 Å². The lowest BCUT2D eigenvalue weighted by molar-refractivity contribution is 0.0518. The summed E-state index contributed by atoms with van der Waals surface area (Å²) >= 11 is 0. The van der Waals surface area contributed by atoms with Gasteiger partial charge in [-0.3, -0.25) is 9.59 Å². The number of aryl methyl sites for hydroxylation is 1. The molecule has 0 spiro atoms. The molecule has 0 unspecified atom stereocenters. The second kappa shape index (κ2) is 9.47. The summed E-state index contributed by atoms with van der Waals surface area (Å²) in [6, 6.07) is 11.5. The molecule has 0 radical (unpaired) electrons. The molecule has 1 N–H and O–H groups in total. The zero-order valence-corrected chi connectivity index (χ0v) is 18.1. The number of aromatic amines is 1. The van der Waals surface area contributed by atoms with Crippen LogP contribution in [0.25, 0.3) is 0 Å². The number of nitrogens with one attached hydrogen (secondary N) is 1. The van der Waals surface area contributed by atoms with E-state index in [-0.39, 0.29) is 30.5 Å². The van der Waals surface area contributed by atoms with Gasteiger partial charge in [0.1, 0.15) is 11.5 Å². The molecule has 0 saturated heterocycles. The monoisotopic (exact) mass is 422 g/mol. The Balaban J connectivity index is 1.96. The minimum atomic E-state index is -0.791. The first-order valence-electron chi connectivity index (χ1n) is 10.1. The molecule has 2 heterocycles. The van der Waals surface area contributed by atoms with Gasteiger partial charge in [-0.05, 0) is 57.5 Å². The van der Waals surface area contributed by atoms with Gasteiger partial charge in [0.25, 0.3) is 5.91 Å². The van der Waals surface area contributed by atoms with E-state index in [1.165, 1.54) is 11.2 Å². The van der Waals surface area contributed by atoms with E-state index in [2.05, 4.69) is 4.98 Å². The number of ketones is 1. The van der Waals surface area contributed by atoms with Crippen molar-refractivity contribution in [2.45, 2.75) is 40.3 Å². The van der Waals surface area contributed by atoms with Crippen molar-refractivity contribution >= 4 is 17.7 Å². The topological polar surface area (TPSA) is 92.6 Å². The Morgan fingerprint density at radius 3 is 2.42 bits per heavy atom. The van der Waals surface area contributed by atoms with Crippen LogP contribution >= 0.6 is 0 Å². The highest BCUT2D eigenvalue weighted by atomic mass is 16.5. The highest BCUT2D eigenvalue weighted by Crippen LogP contribution is 2.24. The van der Waals surface area contributed by atoms with Gasteiger partial charge in [0.15, 0.2) is 5.78 Å². The van der Waals surface area contributed by atoms with E-state index in [0.717, 1.165) is 0 Å². The molecule has 3 aromatic rings. The maximum Gasteiger partial charge on any atom is 0.355 e. The molecule has 0 aliphatic heterocycles. The van der Waals surface area contributed by atoms with Gasteiger partial charge >= 0.3 is 5.97 Å². The number of hydrogen-bond acceptors (Lipinski definition) is 5. The van der Waals surface area contributed by atoms with Crippen LogP contribution in [0.1, 0.15) is 62.1 Å². The molecule has 1 atom stereocenters. The predicted molar refractivity (Wildman–Crippen MR) is 115 cm³/mol. The number of furan rings is 1. The molecule has 3 rings (SSSR count). The molecule has 1 amide bonds. The first-order chi connectivity index (χ1) is 14.8. The second-order valence-electron chi connectivity index (χ2n) is 7.26. The Hall–Kier alpha value is -3.61. The van der Waals surface area contributed by atoms with E-state index >= 15 is 0 Å². The number of benzene rings is 1. The quantitative estimate of drug-likeness (QED) is 0.431. The summed E-state index contributed by atoms with van der Waals surface area (Å²) in [4.78, 5) is 43.4. The highest BCUT2D eigenvalue weighted by molar-refractivity contribution is 6.07. The molecule has 1 aromatic carbocycles. The number of amides is 1. The number of H-pyrrole nitrogens is 1. The van der Waals surface area contributed by atoms with Crippen LogP contribution < -0.4 is 0 Å². The molecule has 0 bridgehead atoms. The standard InChI is InChI=1S/C24H26N2O5/c1-5-30-24(29)21-15(2)20(16(3)25-21)22(27)17(4)26(14-19-12-9-13-31-19)23(28)18-10-7-6-8-11-18/h6-13,17,25H,5,14H2,1-4H3/t17-/m0/s1. The van der Waals surface area contributed by atoms with E-state index in [9.17, 15) is 14.4 Å². The predicted octanol–water partition coefficient (Wildman–Crippen LogP) is 4.32. The Morgan fingerprint density at radius 1 is 1.10 bits per heavy atom. The number of Topliss-reactive ketones (excluding diaryl/α,β-unsaturated/α-hetero) is 1. The fourth-order valence-corrected chi connectivity index (χ4v) is 3.58. The summed E-state index contributed by atoms with van der Waals surface area (Å²) in [6.45, 7) is 7.21. The van der Waals surface area contributed by atoms with Crippen LogP contribution in [-0.2, 0) is 11.3 Å². The van der Waals surface area contributed by atoms with E-state index in [1.54, 1.807) is 64.1 Å². The molecule has 2 aromatic heterocycles. The molecule has 0 fully saturated rings. The molecule has 31 heavy (non-hydrogen) atoms. The fourth-order valence-electron chi connectivity index (χ4n) is 3.58. The van der Waals surface area contributed by atoms with Crippen molar-refractivity contribution in [3.63, 3.8) is 0 Å². The lowest BCUT2D eigenvalue weighted by atomic mass is 9.99. The lowest BCUT2D eigenvalue weighted by Gasteiger charge is -2.28. The fraction of sp³-hybridized carbons (Fsp3) is 0.292. The summed E-state index contributed by atoms with van der Waals surface area (Å²) in [5, 5.41) is 0. The number of nitrogens with zero attached hydrogens (tertiary/aromatic N) is 1. The molecule has 0 aliphatic carbocycles. The Labute approximate surface area is 181 Å². The molecule has 0 aliphatic rings. The van der Waals surface area contributed by atoms with E-state index in [4.69, 9.17) is 9.15 Å². The van der Waals surface area contributed by atoms with Gasteiger partial charge < -0.3 is 19.0 Å². The number of carbonyl (C=O) groups excluding carboxylic acids is 3. The number of ether oxygens (including phenoxy) is 1. The third-order valence-electron chi connectivity index (χ3n) is 5.20. The first kappa shape index (κ1) is 22.1. The average molecular weight is 422 g/mol. The zero-order valence-electron chi connectivity index (χ0n) is 18.1. The van der Waals surface area contributed by atoms with Gasteiger partial charge in [-0.1, -0.05) is 18.2 Å². The molecule has 0 saturated carbocycles. The van der Waals surface area contributed by atoms with E-state index < -0.39 is 12.0 Å². The summed E-state index contributed by atoms with van der Waals surface area (Å²) in [5.74, 6) is -0.492. The van der Waals surface area contributed by atoms with Gasteiger partial charge in [-0.15, -0.1) is 0 Å². The minimum Gasteiger partial charge on any atom is -0.467 e. The summed E-state index contributed by atoms with van der Waals surface area (Å²) in [5.41, 5.74) is 2.19. The van der Waals surface area contributed by atoms with E-state index in [1.807, 2.05) is 6.07 Å². The molecule has 162 valence electrons. The van der Waals surface area contributed by atoms with Crippen LogP contribution in [0.3, 0.4) is 0 Å². The Kier molecular flexibility index (Phi) is 6.74. The average Bonchev–Trinajstić information content (AvgIpc) is 3.38. The van der Waals surface area contributed by atoms with Crippen molar-refractivity contribution in [2.75, 3.05) is 6.61 Å². The SMILES string of the molecule is CCOC(=O)c1[nH]c(C)c(C(=O)[C@H](C)N(Cc2ccco2)C(=O)c2ccccc2)c1C. The van der Waals surface area contributed by atoms with Crippen molar-refractivity contribution in [2.24, 2.45) is 0 Å². The number of esters is 1. The maximum absolute atomic E-state index is 13.5. The molecular weight excluding hydrogens is 396 g/mol. The van der Waals surface area contributed by atoms with Crippen molar-refractivity contribution in [3.8, 4) is 0 Å². The van der Waals surface area contributed by atoms with Gasteiger partial charge in [0.2, 0.25) is 0 Å². The number of carbonyl (C=O) groups is 3. The second-order valence-corrected chi connectivity index (χ2v) is 7.26. The van der Waals surface area contributed by atoms with Gasteiger partial charge in [-0.2, -0.15) is 0 Å². The van der Waals surface area contributed by atoms with E-state index in [0.29, 0.717) is 28.1 Å². The number of hydrogen-bond donors (Lipinski definition) is 1. The third-order valence-corrected chi connectivity index (χ3v) is 5.20. The van der Waals surface area contributed by atoms with Crippen molar-refractivity contribution < 1.29 is 23.5 Å². The van der Waals surface area contributed by atoms with Crippen LogP contribution in [0.2, 0.25) is 0 Å². The molecule has 7 nitrogen and oxygen atoms in total. The maximum atomic E-state index is 13.5. The van der Waals surface area contributed by atoms with Crippen LogP contribution in [0.15, 0.2) is 53.1 Å². The van der Waals surface area contributed by atoms with Crippen LogP contribution in [0.4, 0.5) is 0 Å². The number of rotatable bonds is 8. The summed E-state index contributed by atoms with van der Waals surface area (Å²) < 4.78 is 10.5. The third kappa shape index (κ3) is 4.60. The smallest absolute Gasteiger partial charge is 0.355 e. The van der Waals surface area contributed by atoms with Gasteiger partial charge in [-0.25, -0.2) is 4.79 Å². The van der Waals surface area contributed by atoms with Crippen molar-refractivity contribution in [3.05, 3.63) is 82.6 Å². The normalized spacial score (nSPS) is 11.7. The Morgan fingerprint density at radius 2 is 1.81 bits per heavy atom. The summed E-state index contributed by atoms with van der Waals surface area (Å²) in [7, 11) is 0. The highest BCUT2D eigenvalue weighted by Gasteiger charge is 2.32. The van der Waals surface area contributed by atoms with Crippen LogP contribution in [0, 0.1) is 13.8 Å².